The molecular weight excluding hydrogens is 930 g/mol. The molecule has 3 fully saturated rings. The Morgan fingerprint density at radius 3 is 2.49 bits per heavy atom. The summed E-state index contributed by atoms with van der Waals surface area (Å²) in [6.07, 6.45) is 4.72. The second kappa shape index (κ2) is 19.6. The summed E-state index contributed by atoms with van der Waals surface area (Å²) in [5, 5.41) is 5.89. The molecule has 368 valence electrons. The molecule has 1 saturated carbocycles. The number of benzene rings is 1. The SMILES string of the molecule is CC(C)COC(=O)N[C@H]1CCCCC/C=C\[C@@H]2CS[C@@]2(C(=O)NS(=O)(=O)C2(C)CC2)NC(=O)[C@@H]2C[C@]3(CCc4c(c(C(F)(F)F)nc5ccc(OCCCOc6ccncc6)cc45)O3)CN2C1=O. The molecule has 8 rings (SSSR count). The topological polar surface area (TPSA) is 204 Å². The number of thioether (sulfide) groups is 1. The van der Waals surface area contributed by atoms with Crippen LogP contribution in [0, 0.1) is 11.8 Å². The van der Waals surface area contributed by atoms with Gasteiger partial charge in [-0.05, 0) is 88.1 Å². The quantitative estimate of drug-likeness (QED) is 0.129. The molecule has 68 heavy (non-hydrogen) atoms. The number of halogens is 3. The first-order valence-electron chi connectivity index (χ1n) is 23.1. The fraction of sp³-hybridized carbons (Fsp3) is 0.574. The molecule has 0 bridgehead atoms. The number of aromatic nitrogens is 2. The monoisotopic (exact) mass is 986 g/mol. The van der Waals surface area contributed by atoms with Crippen molar-refractivity contribution < 1.29 is 59.7 Å². The molecule has 21 heteroatoms. The van der Waals surface area contributed by atoms with Crippen LogP contribution in [0.3, 0.4) is 0 Å². The van der Waals surface area contributed by atoms with Gasteiger partial charge >= 0.3 is 12.3 Å². The third-order valence-corrected chi connectivity index (χ3v) is 17.0. The molecule has 2 aromatic heterocycles. The first-order chi connectivity index (χ1) is 32.3. The molecule has 3 aromatic rings. The fourth-order valence-electron chi connectivity index (χ4n) is 9.01. The third-order valence-electron chi connectivity index (χ3n) is 13.3. The zero-order valence-corrected chi connectivity index (χ0v) is 39.8. The van der Waals surface area contributed by atoms with Gasteiger partial charge in [-0.25, -0.2) is 22.9 Å². The first-order valence-corrected chi connectivity index (χ1v) is 25.6. The summed E-state index contributed by atoms with van der Waals surface area (Å²) in [6, 6.07) is 5.45. The van der Waals surface area contributed by atoms with Gasteiger partial charge in [0.2, 0.25) is 21.8 Å². The predicted octanol–water partition coefficient (Wildman–Crippen LogP) is 6.61. The van der Waals surface area contributed by atoms with Gasteiger partial charge in [-0.15, -0.1) is 11.8 Å². The van der Waals surface area contributed by atoms with Crippen LogP contribution in [0.4, 0.5) is 18.0 Å². The van der Waals surface area contributed by atoms with Gasteiger partial charge in [0, 0.05) is 47.9 Å². The number of alkyl halides is 3. The van der Waals surface area contributed by atoms with E-state index < -0.39 is 84.7 Å². The molecular formula is C47H57F3N6O10S2. The maximum Gasteiger partial charge on any atom is 0.437 e. The minimum Gasteiger partial charge on any atom is -0.493 e. The summed E-state index contributed by atoms with van der Waals surface area (Å²) in [4.78, 5) is 64.6. The van der Waals surface area contributed by atoms with E-state index in [9.17, 15) is 27.6 Å². The molecule has 3 N–H and O–H groups in total. The van der Waals surface area contributed by atoms with E-state index in [0.717, 1.165) is 11.8 Å². The maximum atomic E-state index is 15.0. The standard InChI is InChI=1S/C47H57F3N6O10S2/c1-29(2)26-65-43(60)53-36-11-8-6-4-5-7-10-30-27-67-46(30,42(59)55-68(61,62)44(3)18-19-44)54-40(57)37-25-45(28-56(37)41(36)58)17-14-33-34-24-32(64-23-9-22-63-31-15-20-51-21-16-31)12-13-35(34)52-39(38(33)66-45)47(48,49)50/h7,10,12-13,15-16,20-21,24,29-30,36-37H,4-6,8-9,11,14,17-19,22-23,25-28H2,1-3H3,(H,53,60)(H,54,57)(H,55,59)/b10-7-/t30-,36+,37+,45-,46+/m1/s1. The highest BCUT2D eigenvalue weighted by Gasteiger charge is 2.60. The van der Waals surface area contributed by atoms with Gasteiger partial charge < -0.3 is 34.5 Å². The minimum absolute atomic E-state index is 0.00835. The van der Waals surface area contributed by atoms with Crippen molar-refractivity contribution in [1.29, 1.82) is 0 Å². The van der Waals surface area contributed by atoms with Crippen LogP contribution in [0.2, 0.25) is 0 Å². The number of sulfonamides is 1. The molecule has 1 aliphatic carbocycles. The average Bonchev–Trinajstić information content (AvgIpc) is 3.96. The molecule has 1 aromatic carbocycles. The van der Waals surface area contributed by atoms with Gasteiger partial charge in [0.05, 0.1) is 36.6 Å². The van der Waals surface area contributed by atoms with Crippen LogP contribution in [-0.4, -0.2) is 107 Å². The largest absolute Gasteiger partial charge is 0.493 e. The van der Waals surface area contributed by atoms with E-state index in [1.54, 1.807) is 42.7 Å². The van der Waals surface area contributed by atoms with E-state index in [1.165, 1.54) is 17.9 Å². The lowest BCUT2D eigenvalue weighted by molar-refractivity contribution is -0.144. The van der Waals surface area contributed by atoms with E-state index in [0.29, 0.717) is 74.2 Å². The van der Waals surface area contributed by atoms with Crippen molar-refractivity contribution >= 4 is 56.5 Å². The van der Waals surface area contributed by atoms with Crippen LogP contribution >= 0.6 is 11.8 Å². The van der Waals surface area contributed by atoms with Crippen molar-refractivity contribution in [3.8, 4) is 17.2 Å². The number of alkyl carbamates (subject to hydrolysis) is 1. The Labute approximate surface area is 397 Å². The molecule has 2 saturated heterocycles. The van der Waals surface area contributed by atoms with Crippen LogP contribution in [0.5, 0.6) is 17.2 Å². The smallest absolute Gasteiger partial charge is 0.437 e. The van der Waals surface area contributed by atoms with Crippen LogP contribution in [-0.2, 0) is 41.7 Å². The lowest BCUT2D eigenvalue weighted by atomic mass is 9.87. The number of aryl methyl sites for hydroxylation is 1. The van der Waals surface area contributed by atoms with Crippen LogP contribution in [0.15, 0.2) is 54.9 Å². The molecule has 0 unspecified atom stereocenters. The van der Waals surface area contributed by atoms with Crippen LogP contribution in [0.1, 0.15) is 96.2 Å². The summed E-state index contributed by atoms with van der Waals surface area (Å²) in [7, 11) is -4.14. The summed E-state index contributed by atoms with van der Waals surface area (Å²) in [5.74, 6) is -2.22. The van der Waals surface area contributed by atoms with E-state index >= 15 is 13.2 Å². The molecule has 0 radical (unpaired) electrons. The third kappa shape index (κ3) is 10.5. The van der Waals surface area contributed by atoms with Gasteiger partial charge in [-0.3, -0.25) is 19.4 Å². The Balaban J connectivity index is 1.11. The van der Waals surface area contributed by atoms with E-state index in [1.807, 2.05) is 19.9 Å². The Morgan fingerprint density at radius 2 is 1.79 bits per heavy atom. The van der Waals surface area contributed by atoms with Crippen molar-refractivity contribution in [1.82, 2.24) is 30.2 Å². The number of carbonyl (C=O) groups is 4. The zero-order valence-electron chi connectivity index (χ0n) is 38.2. The predicted molar refractivity (Wildman–Crippen MR) is 245 cm³/mol. The maximum absolute atomic E-state index is 15.0. The lowest BCUT2D eigenvalue weighted by Crippen LogP contribution is -2.69. The van der Waals surface area contributed by atoms with Crippen molar-refractivity contribution in [2.75, 3.05) is 32.1 Å². The Bertz CT molecular complexity index is 2550. The number of amides is 4. The van der Waals surface area contributed by atoms with Crippen LogP contribution in [0.25, 0.3) is 10.9 Å². The molecule has 1 spiro atoms. The first kappa shape index (κ1) is 49.1. The number of allylic oxidation sites excluding steroid dienone is 1. The number of rotatable bonds is 12. The Morgan fingerprint density at radius 1 is 1.04 bits per heavy atom. The number of pyridine rings is 2. The van der Waals surface area contributed by atoms with Gasteiger partial charge in [-0.1, -0.05) is 38.8 Å². The van der Waals surface area contributed by atoms with E-state index in [-0.39, 0.29) is 62.4 Å². The molecule has 5 atom stereocenters. The number of carbonyl (C=O) groups excluding carboxylic acids is 4. The summed E-state index contributed by atoms with van der Waals surface area (Å²) >= 11 is 1.05. The second-order valence-corrected chi connectivity index (χ2v) is 22.4. The summed E-state index contributed by atoms with van der Waals surface area (Å²) in [5.41, 5.74) is -2.54. The highest BCUT2D eigenvalue weighted by Crippen LogP contribution is 2.50. The molecule has 16 nitrogen and oxygen atoms in total. The zero-order chi connectivity index (χ0) is 48.5. The fourth-order valence-corrected chi connectivity index (χ4v) is 11.6. The summed E-state index contributed by atoms with van der Waals surface area (Å²) < 4.78 is 96.6. The lowest BCUT2D eigenvalue weighted by Gasteiger charge is -2.47. The summed E-state index contributed by atoms with van der Waals surface area (Å²) in [6.45, 7) is 5.55. The number of hydrogen-bond acceptors (Lipinski definition) is 13. The average molecular weight is 987 g/mol. The van der Waals surface area contributed by atoms with Crippen molar-refractivity contribution in [2.45, 2.75) is 125 Å². The number of ether oxygens (including phenoxy) is 4. The van der Waals surface area contributed by atoms with Crippen molar-refractivity contribution in [3.05, 3.63) is 66.1 Å². The Hall–Kier alpha value is -5.31. The highest BCUT2D eigenvalue weighted by atomic mass is 32.2. The number of nitrogens with one attached hydrogen (secondary N) is 3. The van der Waals surface area contributed by atoms with Gasteiger partial charge in [0.25, 0.3) is 5.91 Å². The highest BCUT2D eigenvalue weighted by molar-refractivity contribution is 8.03. The van der Waals surface area contributed by atoms with Gasteiger partial charge in [-0.2, -0.15) is 13.2 Å². The molecule has 4 amide bonds. The Kier molecular flexibility index (Phi) is 14.2. The van der Waals surface area contributed by atoms with Crippen LogP contribution < -0.4 is 29.6 Å². The minimum atomic E-state index is -4.97. The molecule has 5 aliphatic rings. The van der Waals surface area contributed by atoms with E-state index in [4.69, 9.17) is 18.9 Å². The van der Waals surface area contributed by atoms with Gasteiger partial charge in [0.1, 0.15) is 29.2 Å². The molecule has 6 heterocycles. The molecule has 4 aliphatic heterocycles. The van der Waals surface area contributed by atoms with Crippen molar-refractivity contribution in [2.24, 2.45) is 11.8 Å². The normalized spacial score (nSPS) is 26.4. The second-order valence-electron chi connectivity index (χ2n) is 18.9. The van der Waals surface area contributed by atoms with Gasteiger partial charge in [0.15, 0.2) is 16.3 Å². The van der Waals surface area contributed by atoms with E-state index in [2.05, 4.69) is 25.3 Å². The number of nitrogens with zero attached hydrogens (tertiary/aromatic N) is 3. The number of hydrogen-bond donors (Lipinski definition) is 3. The van der Waals surface area contributed by atoms with Crippen molar-refractivity contribution in [3.63, 3.8) is 0 Å². The number of fused-ring (bicyclic) bond motifs is 5.